The van der Waals surface area contributed by atoms with Gasteiger partial charge in [-0.05, 0) is 26.8 Å². The fourth-order valence-corrected chi connectivity index (χ4v) is 2.63. The second-order valence-electron chi connectivity index (χ2n) is 5.87. The molecule has 148 valence electrons. The highest BCUT2D eigenvalue weighted by Crippen LogP contribution is 2.18. The zero-order valence-electron chi connectivity index (χ0n) is 14.9. The zero-order chi connectivity index (χ0) is 18.2. The van der Waals surface area contributed by atoms with Crippen molar-refractivity contribution in [2.24, 2.45) is 10.9 Å². The Labute approximate surface area is 164 Å². The molecule has 0 saturated carbocycles. The molecule has 1 aliphatic heterocycles. The SMILES string of the molecule is CCNC(=NCCN(C)CC(F)(F)F)N1CCC(C(=O)OC)CC1.I. The van der Waals surface area contributed by atoms with E-state index in [1.807, 2.05) is 11.8 Å². The molecule has 0 aliphatic carbocycles. The molecule has 6 nitrogen and oxygen atoms in total. The second-order valence-corrected chi connectivity index (χ2v) is 5.87. The lowest BCUT2D eigenvalue weighted by Crippen LogP contribution is -2.47. The molecule has 0 unspecified atom stereocenters. The number of nitrogens with one attached hydrogen (secondary N) is 1. The van der Waals surface area contributed by atoms with Crippen LogP contribution in [0.25, 0.3) is 0 Å². The van der Waals surface area contributed by atoms with Gasteiger partial charge in [0, 0.05) is 26.2 Å². The minimum atomic E-state index is -4.20. The van der Waals surface area contributed by atoms with Crippen molar-refractivity contribution in [2.45, 2.75) is 25.9 Å². The maximum Gasteiger partial charge on any atom is 0.401 e. The molecule has 0 spiro atoms. The van der Waals surface area contributed by atoms with E-state index in [-0.39, 0.29) is 49.0 Å². The van der Waals surface area contributed by atoms with E-state index in [1.165, 1.54) is 19.1 Å². The maximum absolute atomic E-state index is 12.3. The average Bonchev–Trinajstić information content (AvgIpc) is 2.52. The number of ether oxygens (including phenoxy) is 1. The largest absolute Gasteiger partial charge is 0.469 e. The minimum absolute atomic E-state index is 0. The third-order valence-electron chi connectivity index (χ3n) is 3.86. The van der Waals surface area contributed by atoms with E-state index in [0.29, 0.717) is 38.4 Å². The number of guanidine groups is 1. The van der Waals surface area contributed by atoms with Crippen molar-refractivity contribution < 1.29 is 22.7 Å². The molecular weight excluding hydrogens is 452 g/mol. The first kappa shape index (κ1) is 24.2. The summed E-state index contributed by atoms with van der Waals surface area (Å²) in [4.78, 5) is 19.2. The van der Waals surface area contributed by atoms with E-state index in [0.717, 1.165) is 0 Å². The highest BCUT2D eigenvalue weighted by atomic mass is 127. The Bertz CT molecular complexity index is 427. The first-order valence-corrected chi connectivity index (χ1v) is 8.13. The number of likely N-dealkylation sites (tertiary alicyclic amines) is 1. The monoisotopic (exact) mass is 480 g/mol. The molecule has 1 N–H and O–H groups in total. The predicted octanol–water partition coefficient (Wildman–Crippen LogP) is 1.95. The molecule has 1 aliphatic rings. The number of likely N-dealkylation sites (N-methyl/N-ethyl adjacent to an activating group) is 1. The summed E-state index contributed by atoms with van der Waals surface area (Å²) in [6.07, 6.45) is -2.82. The van der Waals surface area contributed by atoms with Gasteiger partial charge in [0.1, 0.15) is 0 Å². The molecule has 0 radical (unpaired) electrons. The Kier molecular flexibility index (Phi) is 11.4. The van der Waals surface area contributed by atoms with Gasteiger partial charge in [-0.1, -0.05) is 0 Å². The minimum Gasteiger partial charge on any atom is -0.469 e. The van der Waals surface area contributed by atoms with Crippen molar-refractivity contribution in [2.75, 3.05) is 53.4 Å². The van der Waals surface area contributed by atoms with E-state index in [1.54, 1.807) is 0 Å². The molecule has 10 heteroatoms. The highest BCUT2D eigenvalue weighted by Gasteiger charge is 2.29. The van der Waals surface area contributed by atoms with E-state index in [9.17, 15) is 18.0 Å². The number of piperidine rings is 1. The summed E-state index contributed by atoms with van der Waals surface area (Å²) in [5.41, 5.74) is 0. The topological polar surface area (TPSA) is 57.2 Å². The molecular formula is C15H28F3IN4O2. The van der Waals surface area contributed by atoms with Crippen molar-refractivity contribution in [3.05, 3.63) is 0 Å². The number of hydrogen-bond acceptors (Lipinski definition) is 4. The van der Waals surface area contributed by atoms with Crippen LogP contribution in [0, 0.1) is 5.92 Å². The molecule has 1 rings (SSSR count). The fourth-order valence-electron chi connectivity index (χ4n) is 2.63. The van der Waals surface area contributed by atoms with Gasteiger partial charge in [0.05, 0.1) is 26.1 Å². The van der Waals surface area contributed by atoms with Crippen LogP contribution < -0.4 is 5.32 Å². The number of hydrogen-bond donors (Lipinski definition) is 1. The summed E-state index contributed by atoms with van der Waals surface area (Å²) in [5.74, 6) is 0.402. The van der Waals surface area contributed by atoms with Crippen LogP contribution in [-0.2, 0) is 9.53 Å². The number of halogens is 4. The van der Waals surface area contributed by atoms with E-state index in [2.05, 4.69) is 10.3 Å². The van der Waals surface area contributed by atoms with Crippen molar-refractivity contribution in [1.29, 1.82) is 0 Å². The Morgan fingerprint density at radius 1 is 1.36 bits per heavy atom. The lowest BCUT2D eigenvalue weighted by Gasteiger charge is -2.33. The number of nitrogens with zero attached hydrogens (tertiary/aromatic N) is 3. The second kappa shape index (κ2) is 11.8. The smallest absolute Gasteiger partial charge is 0.401 e. The number of rotatable bonds is 6. The molecule has 1 fully saturated rings. The number of aliphatic imine (C=N–C) groups is 1. The van der Waals surface area contributed by atoms with E-state index >= 15 is 0 Å². The molecule has 0 aromatic heterocycles. The predicted molar refractivity (Wildman–Crippen MR) is 101 cm³/mol. The number of carbonyl (C=O) groups is 1. The van der Waals surface area contributed by atoms with Gasteiger partial charge in [-0.3, -0.25) is 14.7 Å². The van der Waals surface area contributed by atoms with Crippen LogP contribution in [0.2, 0.25) is 0 Å². The van der Waals surface area contributed by atoms with Crippen LogP contribution in [0.4, 0.5) is 13.2 Å². The first-order valence-electron chi connectivity index (χ1n) is 8.13. The Morgan fingerprint density at radius 2 is 1.96 bits per heavy atom. The summed E-state index contributed by atoms with van der Waals surface area (Å²) in [6, 6.07) is 0. The molecule has 0 amide bonds. The van der Waals surface area contributed by atoms with Gasteiger partial charge >= 0.3 is 12.1 Å². The number of methoxy groups -OCH3 is 1. The Hall–Kier alpha value is -0.780. The van der Waals surface area contributed by atoms with Gasteiger partial charge in [-0.15, -0.1) is 24.0 Å². The average molecular weight is 480 g/mol. The lowest BCUT2D eigenvalue weighted by atomic mass is 9.97. The Balaban J connectivity index is 0.00000576. The zero-order valence-corrected chi connectivity index (χ0v) is 17.3. The summed E-state index contributed by atoms with van der Waals surface area (Å²) in [6.45, 7) is 3.52. The summed E-state index contributed by atoms with van der Waals surface area (Å²) in [5, 5.41) is 3.15. The highest BCUT2D eigenvalue weighted by molar-refractivity contribution is 14.0. The van der Waals surface area contributed by atoms with Crippen molar-refractivity contribution >= 4 is 35.9 Å². The summed E-state index contributed by atoms with van der Waals surface area (Å²) >= 11 is 0. The quantitative estimate of drug-likeness (QED) is 0.273. The van der Waals surface area contributed by atoms with E-state index in [4.69, 9.17) is 4.74 Å². The van der Waals surface area contributed by atoms with Crippen molar-refractivity contribution in [1.82, 2.24) is 15.1 Å². The van der Waals surface area contributed by atoms with Gasteiger partial charge in [0.2, 0.25) is 0 Å². The van der Waals surface area contributed by atoms with Gasteiger partial charge in [0.25, 0.3) is 0 Å². The summed E-state index contributed by atoms with van der Waals surface area (Å²) in [7, 11) is 2.81. The molecule has 25 heavy (non-hydrogen) atoms. The fraction of sp³-hybridized carbons (Fsp3) is 0.867. The van der Waals surface area contributed by atoms with Crippen LogP contribution in [0.15, 0.2) is 4.99 Å². The standard InChI is InChI=1S/C15H27F3N4O2.HI/c1-4-19-14(20-7-10-21(2)11-15(16,17)18)22-8-5-12(6-9-22)13(23)24-3;/h12H,4-11H2,1-3H3,(H,19,20);1H. The van der Waals surface area contributed by atoms with Crippen molar-refractivity contribution in [3.8, 4) is 0 Å². The van der Waals surface area contributed by atoms with Gasteiger partial charge < -0.3 is 15.0 Å². The third kappa shape index (κ3) is 9.47. The maximum atomic E-state index is 12.3. The van der Waals surface area contributed by atoms with Crippen LogP contribution in [0.3, 0.4) is 0 Å². The third-order valence-corrected chi connectivity index (χ3v) is 3.86. The van der Waals surface area contributed by atoms with Gasteiger partial charge in [0.15, 0.2) is 5.96 Å². The first-order chi connectivity index (χ1) is 11.3. The number of carbonyl (C=O) groups excluding carboxylic acids is 1. The van der Waals surface area contributed by atoms with Crippen LogP contribution >= 0.6 is 24.0 Å². The molecule has 1 heterocycles. The van der Waals surface area contributed by atoms with Gasteiger partial charge in [-0.2, -0.15) is 13.2 Å². The normalized spacial score (nSPS) is 16.6. The van der Waals surface area contributed by atoms with Crippen molar-refractivity contribution in [3.63, 3.8) is 0 Å². The molecule has 0 aromatic carbocycles. The molecule has 0 aromatic rings. The number of esters is 1. The Morgan fingerprint density at radius 3 is 2.44 bits per heavy atom. The molecule has 1 saturated heterocycles. The van der Waals surface area contributed by atoms with Crippen LogP contribution in [0.5, 0.6) is 0 Å². The van der Waals surface area contributed by atoms with Crippen LogP contribution in [-0.4, -0.2) is 81.3 Å². The van der Waals surface area contributed by atoms with Gasteiger partial charge in [-0.25, -0.2) is 0 Å². The van der Waals surface area contributed by atoms with Crippen LogP contribution in [0.1, 0.15) is 19.8 Å². The molecule has 0 atom stereocenters. The summed E-state index contributed by atoms with van der Waals surface area (Å²) < 4.78 is 41.7. The lowest BCUT2D eigenvalue weighted by molar-refractivity contribution is -0.146. The molecule has 0 bridgehead atoms. The number of alkyl halides is 3. The van der Waals surface area contributed by atoms with E-state index < -0.39 is 12.7 Å².